The Bertz CT molecular complexity index is 581. The molecule has 0 bridgehead atoms. The molecular formula is C13H14BrN3O4. The Balaban J connectivity index is 1.95. The van der Waals surface area contributed by atoms with Crippen LogP contribution in [0.4, 0.5) is 10.5 Å². The van der Waals surface area contributed by atoms with Crippen molar-refractivity contribution < 1.29 is 19.5 Å². The molecule has 1 aliphatic rings. The zero-order valence-electron chi connectivity index (χ0n) is 11.0. The second-order valence-corrected chi connectivity index (χ2v) is 5.49. The van der Waals surface area contributed by atoms with Crippen molar-refractivity contribution >= 4 is 39.5 Å². The van der Waals surface area contributed by atoms with E-state index in [1.807, 2.05) is 0 Å². The lowest BCUT2D eigenvalue weighted by molar-refractivity contribution is -0.122. The van der Waals surface area contributed by atoms with Gasteiger partial charge < -0.3 is 21.1 Å². The quantitative estimate of drug-likeness (QED) is 0.659. The monoisotopic (exact) mass is 355 g/mol. The SMILES string of the molecule is O=C1CCC(NC(=O)Nc2ccc(Br)c(C(=O)O)c2)CN1. The zero-order chi connectivity index (χ0) is 15.4. The van der Waals surface area contributed by atoms with E-state index in [1.165, 1.54) is 6.07 Å². The molecule has 0 saturated carbocycles. The molecule has 1 saturated heterocycles. The number of aromatic carboxylic acids is 1. The van der Waals surface area contributed by atoms with Crippen molar-refractivity contribution in [3.63, 3.8) is 0 Å². The second-order valence-electron chi connectivity index (χ2n) is 4.64. The Hall–Kier alpha value is -2.09. The van der Waals surface area contributed by atoms with Crippen molar-refractivity contribution in [3.8, 4) is 0 Å². The van der Waals surface area contributed by atoms with Gasteiger partial charge >= 0.3 is 12.0 Å². The van der Waals surface area contributed by atoms with Crippen molar-refractivity contribution in [3.05, 3.63) is 28.2 Å². The van der Waals surface area contributed by atoms with E-state index >= 15 is 0 Å². The predicted octanol–water partition coefficient (Wildman–Crippen LogP) is 1.55. The first-order valence-electron chi connectivity index (χ1n) is 6.33. The molecule has 1 fully saturated rings. The van der Waals surface area contributed by atoms with Crippen LogP contribution in [0.1, 0.15) is 23.2 Å². The highest BCUT2D eigenvalue weighted by atomic mass is 79.9. The normalized spacial score (nSPS) is 17.8. The van der Waals surface area contributed by atoms with Gasteiger partial charge in [0.1, 0.15) is 0 Å². The highest BCUT2D eigenvalue weighted by molar-refractivity contribution is 9.10. The minimum atomic E-state index is -1.08. The predicted molar refractivity (Wildman–Crippen MR) is 79.3 cm³/mol. The first-order valence-corrected chi connectivity index (χ1v) is 7.12. The highest BCUT2D eigenvalue weighted by Crippen LogP contribution is 2.21. The third kappa shape index (κ3) is 4.19. The maximum Gasteiger partial charge on any atom is 0.336 e. The van der Waals surface area contributed by atoms with Gasteiger partial charge in [-0.3, -0.25) is 4.79 Å². The summed E-state index contributed by atoms with van der Waals surface area (Å²) in [7, 11) is 0. The van der Waals surface area contributed by atoms with Gasteiger partial charge in [-0.1, -0.05) is 0 Å². The lowest BCUT2D eigenvalue weighted by atomic mass is 10.1. The van der Waals surface area contributed by atoms with Gasteiger partial charge in [0, 0.05) is 29.2 Å². The van der Waals surface area contributed by atoms with E-state index in [1.54, 1.807) is 12.1 Å². The number of carboxylic acids is 1. The Morgan fingerprint density at radius 3 is 2.76 bits per heavy atom. The maximum absolute atomic E-state index is 11.8. The van der Waals surface area contributed by atoms with Crippen molar-refractivity contribution in [2.75, 3.05) is 11.9 Å². The molecule has 2 rings (SSSR count). The van der Waals surface area contributed by atoms with Crippen LogP contribution in [0.25, 0.3) is 0 Å². The number of carbonyl (C=O) groups is 3. The molecule has 0 aromatic heterocycles. The summed E-state index contributed by atoms with van der Waals surface area (Å²) in [6.07, 6.45) is 0.965. The summed E-state index contributed by atoms with van der Waals surface area (Å²) in [6.45, 7) is 0.396. The van der Waals surface area contributed by atoms with E-state index in [9.17, 15) is 14.4 Å². The summed E-state index contributed by atoms with van der Waals surface area (Å²) in [5.41, 5.74) is 0.450. The van der Waals surface area contributed by atoms with Crippen LogP contribution in [0, 0.1) is 0 Å². The summed E-state index contributed by atoms with van der Waals surface area (Å²) in [5, 5.41) is 17.0. The van der Waals surface area contributed by atoms with Crippen molar-refractivity contribution in [2.24, 2.45) is 0 Å². The van der Waals surface area contributed by atoms with Gasteiger partial charge in [-0.05, 0) is 40.5 Å². The lowest BCUT2D eigenvalue weighted by Crippen LogP contribution is -2.48. The van der Waals surface area contributed by atoms with Gasteiger partial charge in [0.15, 0.2) is 0 Å². The highest BCUT2D eigenvalue weighted by Gasteiger charge is 2.19. The van der Waals surface area contributed by atoms with Gasteiger partial charge in [-0.15, -0.1) is 0 Å². The van der Waals surface area contributed by atoms with Gasteiger partial charge in [-0.2, -0.15) is 0 Å². The van der Waals surface area contributed by atoms with Crippen LogP contribution in [0.2, 0.25) is 0 Å². The molecule has 112 valence electrons. The van der Waals surface area contributed by atoms with Crippen LogP contribution in [0.15, 0.2) is 22.7 Å². The van der Waals surface area contributed by atoms with Crippen LogP contribution in [-0.4, -0.2) is 35.6 Å². The number of rotatable bonds is 3. The molecule has 7 nitrogen and oxygen atoms in total. The number of benzene rings is 1. The number of nitrogens with one attached hydrogen (secondary N) is 3. The second kappa shape index (κ2) is 6.57. The van der Waals surface area contributed by atoms with E-state index in [4.69, 9.17) is 5.11 Å². The number of piperidine rings is 1. The lowest BCUT2D eigenvalue weighted by Gasteiger charge is -2.23. The first kappa shape index (κ1) is 15.3. The molecule has 1 aliphatic heterocycles. The van der Waals surface area contributed by atoms with Gasteiger partial charge in [-0.25, -0.2) is 9.59 Å². The summed E-state index contributed by atoms with van der Waals surface area (Å²) in [6, 6.07) is 3.96. The van der Waals surface area contributed by atoms with Gasteiger partial charge in [0.05, 0.1) is 5.56 Å². The number of carboxylic acid groups (broad SMARTS) is 1. The van der Waals surface area contributed by atoms with E-state index in [2.05, 4.69) is 31.9 Å². The average molecular weight is 356 g/mol. The first-order chi connectivity index (χ1) is 9.95. The summed E-state index contributed by atoms with van der Waals surface area (Å²) in [4.78, 5) is 33.9. The third-order valence-electron chi connectivity index (χ3n) is 3.06. The van der Waals surface area contributed by atoms with E-state index in [0.29, 0.717) is 29.5 Å². The number of carbonyl (C=O) groups excluding carboxylic acids is 2. The number of anilines is 1. The van der Waals surface area contributed by atoms with E-state index in [-0.39, 0.29) is 17.5 Å². The number of hydrogen-bond donors (Lipinski definition) is 4. The van der Waals surface area contributed by atoms with E-state index < -0.39 is 12.0 Å². The molecule has 1 heterocycles. The molecule has 21 heavy (non-hydrogen) atoms. The molecule has 1 aromatic rings. The fourth-order valence-corrected chi connectivity index (χ4v) is 2.39. The van der Waals surface area contributed by atoms with Crippen molar-refractivity contribution in [2.45, 2.75) is 18.9 Å². The van der Waals surface area contributed by atoms with Crippen LogP contribution in [0.3, 0.4) is 0 Å². The van der Waals surface area contributed by atoms with Gasteiger partial charge in [0.25, 0.3) is 0 Å². The van der Waals surface area contributed by atoms with Crippen LogP contribution in [-0.2, 0) is 4.79 Å². The Labute approximate surface area is 129 Å². The standard InChI is InChI=1S/C13H14BrN3O4/c14-10-3-1-7(5-9(10)12(19)20)16-13(21)17-8-2-4-11(18)15-6-8/h1,3,5,8H,2,4,6H2,(H,15,18)(H,19,20)(H2,16,17,21). The van der Waals surface area contributed by atoms with Crippen molar-refractivity contribution in [1.82, 2.24) is 10.6 Å². The van der Waals surface area contributed by atoms with Gasteiger partial charge in [0.2, 0.25) is 5.91 Å². The fraction of sp³-hybridized carbons (Fsp3) is 0.308. The number of halogens is 1. The molecule has 0 radical (unpaired) electrons. The van der Waals surface area contributed by atoms with Crippen LogP contribution in [0.5, 0.6) is 0 Å². The van der Waals surface area contributed by atoms with Crippen LogP contribution >= 0.6 is 15.9 Å². The zero-order valence-corrected chi connectivity index (χ0v) is 12.6. The largest absolute Gasteiger partial charge is 0.478 e. The number of amides is 3. The molecule has 1 atom stereocenters. The molecule has 4 N–H and O–H groups in total. The minimum Gasteiger partial charge on any atom is -0.478 e. The number of urea groups is 1. The molecular weight excluding hydrogens is 342 g/mol. The molecule has 3 amide bonds. The Morgan fingerprint density at radius 2 is 2.14 bits per heavy atom. The molecule has 1 aromatic carbocycles. The summed E-state index contributed by atoms with van der Waals surface area (Å²) >= 11 is 3.13. The van der Waals surface area contributed by atoms with E-state index in [0.717, 1.165) is 0 Å². The maximum atomic E-state index is 11.8. The average Bonchev–Trinajstić information content (AvgIpc) is 2.43. The molecule has 0 spiro atoms. The minimum absolute atomic E-state index is 0.0209. The third-order valence-corrected chi connectivity index (χ3v) is 3.75. The smallest absolute Gasteiger partial charge is 0.336 e. The van der Waals surface area contributed by atoms with Crippen molar-refractivity contribution in [1.29, 1.82) is 0 Å². The fourth-order valence-electron chi connectivity index (χ4n) is 1.98. The summed E-state index contributed by atoms with van der Waals surface area (Å²) < 4.78 is 0.441. The molecule has 8 heteroatoms. The number of hydrogen-bond acceptors (Lipinski definition) is 3. The summed E-state index contributed by atoms with van der Waals surface area (Å²) in [5.74, 6) is -1.10. The Kier molecular flexibility index (Phi) is 4.79. The molecule has 1 unspecified atom stereocenters. The molecule has 0 aliphatic carbocycles. The Morgan fingerprint density at radius 1 is 1.38 bits per heavy atom. The topological polar surface area (TPSA) is 108 Å². The van der Waals surface area contributed by atoms with Crippen LogP contribution < -0.4 is 16.0 Å².